The minimum atomic E-state index is -0.300. The van der Waals surface area contributed by atoms with Crippen molar-refractivity contribution >= 4 is 32.6 Å². The van der Waals surface area contributed by atoms with Crippen molar-refractivity contribution in [2.75, 3.05) is 40.4 Å². The molecule has 0 saturated carbocycles. The summed E-state index contributed by atoms with van der Waals surface area (Å²) in [7, 11) is 3.42. The number of benzene rings is 3. The van der Waals surface area contributed by atoms with Gasteiger partial charge in [-0.25, -0.2) is 0 Å². The van der Waals surface area contributed by atoms with Gasteiger partial charge in [-0.2, -0.15) is 0 Å². The first-order valence-electron chi connectivity index (χ1n) is 21.5. The predicted octanol–water partition coefficient (Wildman–Crippen LogP) is 9.22. The van der Waals surface area contributed by atoms with Crippen molar-refractivity contribution in [1.82, 2.24) is 30.0 Å². The second-order valence-electron chi connectivity index (χ2n) is 17.0. The summed E-state index contributed by atoms with van der Waals surface area (Å²) in [4.78, 5) is 14.8. The Morgan fingerprint density at radius 2 is 1.07 bits per heavy atom. The third-order valence-corrected chi connectivity index (χ3v) is 14.3. The highest BCUT2D eigenvalue weighted by Gasteiger charge is 2.46. The second-order valence-corrected chi connectivity index (χ2v) is 17.0. The van der Waals surface area contributed by atoms with Crippen LogP contribution in [-0.2, 0) is 0 Å². The van der Waals surface area contributed by atoms with Crippen LogP contribution in [0.5, 0.6) is 23.3 Å². The summed E-state index contributed by atoms with van der Waals surface area (Å²) in [6, 6.07) is 25.1. The van der Waals surface area contributed by atoms with E-state index < -0.39 is 0 Å². The van der Waals surface area contributed by atoms with Crippen molar-refractivity contribution in [2.24, 2.45) is 23.7 Å². The number of hydrogen-bond acceptors (Lipinski definition) is 10. The molecule has 0 N–H and O–H groups in total. The quantitative estimate of drug-likeness (QED) is 0.120. The summed E-state index contributed by atoms with van der Waals surface area (Å²) >= 11 is 0. The Balaban J connectivity index is 1.06. The van der Waals surface area contributed by atoms with Crippen LogP contribution in [0.1, 0.15) is 75.7 Å². The van der Waals surface area contributed by atoms with Gasteiger partial charge in [0.2, 0.25) is 11.8 Å². The van der Waals surface area contributed by atoms with Crippen LogP contribution in [0.4, 0.5) is 0 Å². The normalized spacial score (nSPS) is 27.4. The first kappa shape index (κ1) is 37.2. The van der Waals surface area contributed by atoms with Crippen molar-refractivity contribution in [2.45, 2.75) is 76.7 Å². The van der Waals surface area contributed by atoms with Gasteiger partial charge in [-0.15, -0.1) is 10.2 Å². The van der Waals surface area contributed by atoms with Gasteiger partial charge in [-0.3, -0.25) is 19.8 Å². The second kappa shape index (κ2) is 15.6. The number of aromatic nitrogens is 4. The van der Waals surface area contributed by atoms with Gasteiger partial charge >= 0.3 is 0 Å². The van der Waals surface area contributed by atoms with Crippen LogP contribution in [-0.4, -0.2) is 82.4 Å². The fourth-order valence-electron chi connectivity index (χ4n) is 11.1. The number of methoxy groups -OCH3 is 2. The van der Waals surface area contributed by atoms with Gasteiger partial charge in [0.1, 0.15) is 23.7 Å². The van der Waals surface area contributed by atoms with E-state index in [2.05, 4.69) is 72.2 Å². The number of rotatable bonds is 12. The number of fused-ring (bicyclic) bond motifs is 9. The van der Waals surface area contributed by atoms with E-state index in [9.17, 15) is 0 Å². The first-order valence-corrected chi connectivity index (χ1v) is 21.5. The molecule has 6 aromatic rings. The maximum atomic E-state index is 7.30. The Morgan fingerprint density at radius 3 is 1.47 bits per heavy atom. The van der Waals surface area contributed by atoms with E-state index in [-0.39, 0.29) is 24.3 Å². The monoisotopic (exact) mass is 778 g/mol. The fraction of sp³-hybridized carbons (Fsp3) is 0.458. The largest absolute Gasteiger partial charge is 0.497 e. The van der Waals surface area contributed by atoms with E-state index >= 15 is 0 Å². The summed E-state index contributed by atoms with van der Waals surface area (Å²) in [5.41, 5.74) is 4.01. The molecule has 12 rings (SSSR count). The smallest absolute Gasteiger partial charge is 0.242 e. The number of ether oxygens (including phenoxy) is 4. The zero-order valence-corrected chi connectivity index (χ0v) is 34.1. The SMILES string of the molecule is CCC1CN2CC[C@@H]1C[C@@H]2[C@@H](Oc1nnc(OC(c2ccnc3ccc(OC)cc23)[C@H]2CC3CCN2C[C@@H]3CC)c2ccccc12)c1ccnc2ccc(OC)cc12. The van der Waals surface area contributed by atoms with Crippen LogP contribution in [0.15, 0.2) is 85.2 Å². The lowest BCUT2D eigenvalue weighted by molar-refractivity contribution is -0.0505. The lowest BCUT2D eigenvalue weighted by Gasteiger charge is -2.52. The molecule has 3 aromatic carbocycles. The van der Waals surface area contributed by atoms with Gasteiger partial charge in [0.15, 0.2) is 0 Å². The van der Waals surface area contributed by atoms with Crippen molar-refractivity contribution in [3.05, 3.63) is 96.3 Å². The van der Waals surface area contributed by atoms with E-state index in [4.69, 9.17) is 39.1 Å². The Kier molecular flexibility index (Phi) is 10.0. The zero-order chi connectivity index (χ0) is 39.3. The van der Waals surface area contributed by atoms with Gasteiger partial charge in [0.05, 0.1) is 48.1 Å². The van der Waals surface area contributed by atoms with Gasteiger partial charge in [-0.1, -0.05) is 38.8 Å². The van der Waals surface area contributed by atoms with Crippen molar-refractivity contribution in [3.8, 4) is 23.3 Å². The maximum absolute atomic E-state index is 7.30. The molecule has 10 heteroatoms. The highest BCUT2D eigenvalue weighted by molar-refractivity contribution is 5.91. The fourth-order valence-corrected chi connectivity index (χ4v) is 11.1. The lowest BCUT2D eigenvalue weighted by Crippen LogP contribution is -2.56. The number of hydrogen-bond donors (Lipinski definition) is 0. The molecule has 0 spiro atoms. The van der Waals surface area contributed by atoms with Gasteiger partial charge < -0.3 is 18.9 Å². The lowest BCUT2D eigenvalue weighted by atomic mass is 9.72. The number of pyridine rings is 2. The molecule has 10 nitrogen and oxygen atoms in total. The predicted molar refractivity (Wildman–Crippen MR) is 227 cm³/mol. The molecule has 6 aliphatic heterocycles. The molecule has 0 radical (unpaired) electrons. The minimum absolute atomic E-state index is 0.180. The molecule has 5 unspecified atom stereocenters. The average molecular weight is 779 g/mol. The third-order valence-electron chi connectivity index (χ3n) is 14.3. The van der Waals surface area contributed by atoms with E-state index in [0.29, 0.717) is 35.4 Å². The number of piperidine rings is 6. The molecule has 0 amide bonds. The molecule has 300 valence electrons. The molecule has 9 heterocycles. The molecule has 58 heavy (non-hydrogen) atoms. The first-order chi connectivity index (χ1) is 28.5. The van der Waals surface area contributed by atoms with E-state index in [1.165, 1.54) is 25.7 Å². The molecule has 6 saturated heterocycles. The molecular weight excluding hydrogens is 725 g/mol. The highest BCUT2D eigenvalue weighted by atomic mass is 16.5. The summed E-state index contributed by atoms with van der Waals surface area (Å²) < 4.78 is 26.0. The minimum Gasteiger partial charge on any atom is -0.497 e. The Hall–Kier alpha value is -5.06. The van der Waals surface area contributed by atoms with Gasteiger partial charge in [-0.05, 0) is 123 Å². The van der Waals surface area contributed by atoms with Crippen molar-refractivity contribution in [3.63, 3.8) is 0 Å². The van der Waals surface area contributed by atoms with Crippen molar-refractivity contribution < 1.29 is 18.9 Å². The Labute approximate surface area is 340 Å². The van der Waals surface area contributed by atoms with Crippen LogP contribution < -0.4 is 18.9 Å². The van der Waals surface area contributed by atoms with E-state index in [0.717, 1.165) is 94.2 Å². The van der Waals surface area contributed by atoms with Crippen LogP contribution in [0.3, 0.4) is 0 Å². The molecule has 6 fully saturated rings. The third kappa shape index (κ3) is 6.58. The van der Waals surface area contributed by atoms with Crippen LogP contribution in [0.25, 0.3) is 32.6 Å². The summed E-state index contributed by atoms with van der Waals surface area (Å²) in [6.07, 6.45) is 10.2. The van der Waals surface area contributed by atoms with Crippen molar-refractivity contribution in [1.29, 1.82) is 0 Å². The molecule has 6 aliphatic rings. The standard InChI is InChI=1S/C48H54N6O4/c1-5-29-27-53-21-17-31(29)23-43(53)45(35-15-19-49-41-13-11-33(55-3)25-39(35)41)57-47-37-9-7-8-10-38(37)48(52-51-47)58-46(44-24-32-18-22-54(44)28-30(32)6-2)36-16-20-50-42-14-12-34(56-4)26-40(36)42/h7-16,19-20,25-26,29-32,43-46H,5-6,17-18,21-24,27-28H2,1-4H3/t29-,30?,31?,32+,43+,44+,45?,46-/m0/s1. The summed E-state index contributed by atoms with van der Waals surface area (Å²) in [5, 5.41) is 13.7. The zero-order valence-electron chi connectivity index (χ0n) is 34.1. The molecule has 4 bridgehead atoms. The van der Waals surface area contributed by atoms with Gasteiger partial charge in [0.25, 0.3) is 0 Å². The highest BCUT2D eigenvalue weighted by Crippen LogP contribution is 2.47. The van der Waals surface area contributed by atoms with Gasteiger partial charge in [0, 0.05) is 47.4 Å². The molecule has 3 aromatic heterocycles. The maximum Gasteiger partial charge on any atom is 0.242 e. The Morgan fingerprint density at radius 1 is 0.603 bits per heavy atom. The van der Waals surface area contributed by atoms with E-state index in [1.54, 1.807) is 14.2 Å². The summed E-state index contributed by atoms with van der Waals surface area (Å²) in [5.74, 6) is 5.39. The molecule has 10 atom stereocenters. The van der Waals surface area contributed by atoms with Crippen LogP contribution in [0.2, 0.25) is 0 Å². The topological polar surface area (TPSA) is 95.0 Å². The van der Waals surface area contributed by atoms with Crippen LogP contribution in [0, 0.1) is 23.7 Å². The molecular formula is C48H54N6O4. The molecule has 0 aliphatic carbocycles. The van der Waals surface area contributed by atoms with E-state index in [1.807, 2.05) is 36.7 Å². The summed E-state index contributed by atoms with van der Waals surface area (Å²) in [6.45, 7) is 9.00. The number of nitrogens with zero attached hydrogens (tertiary/aromatic N) is 6. The Bertz CT molecular complexity index is 2280. The van der Waals surface area contributed by atoms with Crippen LogP contribution >= 0.6 is 0 Å². The average Bonchev–Trinajstić information content (AvgIpc) is 3.29.